The van der Waals surface area contributed by atoms with Crippen LogP contribution in [0.1, 0.15) is 16.1 Å². The maximum absolute atomic E-state index is 13.4. The van der Waals surface area contributed by atoms with E-state index in [2.05, 4.69) is 21.2 Å². The van der Waals surface area contributed by atoms with Crippen LogP contribution in [0.25, 0.3) is 22.0 Å². The van der Waals surface area contributed by atoms with E-state index in [1.807, 2.05) is 24.3 Å². The van der Waals surface area contributed by atoms with Gasteiger partial charge in [0.15, 0.2) is 5.69 Å². The van der Waals surface area contributed by atoms with Crippen LogP contribution in [0.3, 0.4) is 0 Å². The first kappa shape index (κ1) is 15.7. The topological polar surface area (TPSA) is 61.9 Å². The molecule has 1 amide bonds. The zero-order valence-corrected chi connectivity index (χ0v) is 14.3. The monoisotopic (exact) mass is 358 g/mol. The zero-order chi connectivity index (χ0) is 18.4. The second-order valence-corrected chi connectivity index (χ2v) is 6.55. The number of aromatic nitrogens is 3. The average Bonchev–Trinajstić information content (AvgIpc) is 3.31. The number of benzene rings is 2. The number of nitrogens with one attached hydrogen (secondary N) is 1. The number of carbonyl (C=O) groups excluding carboxylic acids is 1. The van der Waals surface area contributed by atoms with Gasteiger partial charge in [0, 0.05) is 30.0 Å². The number of hydrogen-bond donors (Lipinski definition) is 1. The lowest BCUT2D eigenvalue weighted by Gasteiger charge is -2.16. The van der Waals surface area contributed by atoms with Gasteiger partial charge in [-0.3, -0.25) is 14.9 Å². The largest absolute Gasteiger partial charge is 0.306 e. The van der Waals surface area contributed by atoms with Crippen LogP contribution in [0.4, 0.5) is 10.1 Å². The van der Waals surface area contributed by atoms with Crippen molar-refractivity contribution in [1.82, 2.24) is 15.2 Å². The molecule has 0 saturated carbocycles. The highest BCUT2D eigenvalue weighted by Crippen LogP contribution is 2.33. The van der Waals surface area contributed by atoms with Gasteiger partial charge in [-0.2, -0.15) is 5.10 Å². The van der Waals surface area contributed by atoms with Gasteiger partial charge in [-0.25, -0.2) is 4.39 Å². The molecule has 6 heteroatoms. The van der Waals surface area contributed by atoms with Crippen molar-refractivity contribution in [2.45, 2.75) is 6.42 Å². The van der Waals surface area contributed by atoms with Gasteiger partial charge in [-0.15, -0.1) is 0 Å². The predicted octanol–water partition coefficient (Wildman–Crippen LogP) is 3.97. The Bertz CT molecular complexity index is 1170. The first-order chi connectivity index (χ1) is 13.2. The number of aromatic amines is 1. The summed E-state index contributed by atoms with van der Waals surface area (Å²) < 4.78 is 13.4. The Morgan fingerprint density at radius 3 is 2.74 bits per heavy atom. The number of H-pyrrole nitrogens is 1. The Morgan fingerprint density at radius 2 is 1.89 bits per heavy atom. The summed E-state index contributed by atoms with van der Waals surface area (Å²) >= 11 is 0. The molecule has 0 saturated heterocycles. The van der Waals surface area contributed by atoms with Crippen LogP contribution in [0.5, 0.6) is 0 Å². The Hall–Kier alpha value is -3.54. The second kappa shape index (κ2) is 6.02. The molecule has 0 bridgehead atoms. The highest BCUT2D eigenvalue weighted by molar-refractivity contribution is 6.13. The van der Waals surface area contributed by atoms with E-state index in [-0.39, 0.29) is 11.7 Å². The maximum atomic E-state index is 13.4. The molecular formula is C21H15FN4O. The molecule has 0 atom stereocenters. The van der Waals surface area contributed by atoms with Gasteiger partial charge in [-0.1, -0.05) is 6.07 Å². The van der Waals surface area contributed by atoms with Crippen molar-refractivity contribution in [3.63, 3.8) is 0 Å². The van der Waals surface area contributed by atoms with E-state index in [0.29, 0.717) is 23.1 Å². The normalized spacial score (nSPS) is 13.1. The molecule has 2 aromatic heterocycles. The van der Waals surface area contributed by atoms with Crippen LogP contribution in [0, 0.1) is 5.82 Å². The first-order valence-corrected chi connectivity index (χ1v) is 8.69. The number of carbonyl (C=O) groups is 1. The molecule has 4 aromatic rings. The van der Waals surface area contributed by atoms with Crippen LogP contribution in [-0.4, -0.2) is 27.6 Å². The molecule has 1 aliphatic heterocycles. The fraction of sp³-hybridized carbons (Fsp3) is 0.0952. The van der Waals surface area contributed by atoms with Crippen molar-refractivity contribution in [2.75, 3.05) is 11.4 Å². The molecule has 3 heterocycles. The third-order valence-corrected chi connectivity index (χ3v) is 4.96. The molecule has 2 aromatic carbocycles. The van der Waals surface area contributed by atoms with E-state index in [1.165, 1.54) is 12.1 Å². The van der Waals surface area contributed by atoms with Crippen LogP contribution in [0.15, 0.2) is 60.9 Å². The molecule has 0 fully saturated rings. The fourth-order valence-electron chi connectivity index (χ4n) is 3.62. The number of rotatable bonds is 2. The minimum absolute atomic E-state index is 0.178. The van der Waals surface area contributed by atoms with Crippen molar-refractivity contribution in [1.29, 1.82) is 0 Å². The minimum Gasteiger partial charge on any atom is -0.306 e. The van der Waals surface area contributed by atoms with E-state index in [9.17, 15) is 9.18 Å². The van der Waals surface area contributed by atoms with Gasteiger partial charge in [0.1, 0.15) is 5.82 Å². The fourth-order valence-corrected chi connectivity index (χ4v) is 3.62. The number of fused-ring (bicyclic) bond motifs is 2. The average molecular weight is 358 g/mol. The van der Waals surface area contributed by atoms with E-state index < -0.39 is 0 Å². The molecule has 0 radical (unpaired) electrons. The minimum atomic E-state index is -0.361. The number of hydrogen-bond acceptors (Lipinski definition) is 3. The van der Waals surface area contributed by atoms with Gasteiger partial charge in [-0.05, 0) is 65.6 Å². The molecule has 5 nitrogen and oxygen atoms in total. The third-order valence-electron chi connectivity index (χ3n) is 4.96. The van der Waals surface area contributed by atoms with Crippen molar-refractivity contribution in [3.05, 3.63) is 78.0 Å². The lowest BCUT2D eigenvalue weighted by molar-refractivity contribution is 0.0986. The van der Waals surface area contributed by atoms with Crippen molar-refractivity contribution >= 4 is 22.5 Å². The Kier molecular flexibility index (Phi) is 3.50. The lowest BCUT2D eigenvalue weighted by atomic mass is 10.0. The molecule has 1 N–H and O–H groups in total. The van der Waals surface area contributed by atoms with Gasteiger partial charge in [0.2, 0.25) is 0 Å². The molecule has 5 rings (SSSR count). The highest BCUT2D eigenvalue weighted by Gasteiger charge is 2.28. The summed E-state index contributed by atoms with van der Waals surface area (Å²) in [7, 11) is 0. The van der Waals surface area contributed by atoms with Gasteiger partial charge in [0.25, 0.3) is 5.91 Å². The summed E-state index contributed by atoms with van der Waals surface area (Å²) in [5, 5.41) is 7.50. The number of halogens is 1. The Labute approximate surface area is 154 Å². The van der Waals surface area contributed by atoms with Gasteiger partial charge < -0.3 is 4.90 Å². The second-order valence-electron chi connectivity index (χ2n) is 6.55. The van der Waals surface area contributed by atoms with Crippen LogP contribution in [-0.2, 0) is 6.42 Å². The molecule has 132 valence electrons. The summed E-state index contributed by atoms with van der Waals surface area (Å²) in [4.78, 5) is 18.9. The van der Waals surface area contributed by atoms with Gasteiger partial charge in [0.05, 0.1) is 5.52 Å². The quantitative estimate of drug-likeness (QED) is 0.590. The summed E-state index contributed by atoms with van der Waals surface area (Å²) in [5.41, 5.74) is 5.06. The van der Waals surface area contributed by atoms with Gasteiger partial charge >= 0.3 is 0 Å². The molecule has 1 aliphatic rings. The number of amides is 1. The predicted molar refractivity (Wildman–Crippen MR) is 101 cm³/mol. The summed E-state index contributed by atoms with van der Waals surface area (Å²) in [6, 6.07) is 14.3. The first-order valence-electron chi connectivity index (χ1n) is 8.69. The smallest absolute Gasteiger partial charge is 0.279 e. The number of pyridine rings is 1. The summed E-state index contributed by atoms with van der Waals surface area (Å²) in [6.45, 7) is 0.601. The Morgan fingerprint density at radius 1 is 1.04 bits per heavy atom. The van der Waals surface area contributed by atoms with E-state index in [4.69, 9.17) is 0 Å². The molecule has 0 aliphatic carbocycles. The van der Waals surface area contributed by atoms with Crippen molar-refractivity contribution < 1.29 is 9.18 Å². The Balaban J connectivity index is 1.50. The molecule has 27 heavy (non-hydrogen) atoms. The van der Waals surface area contributed by atoms with E-state index >= 15 is 0 Å². The third kappa shape index (κ3) is 2.57. The van der Waals surface area contributed by atoms with Crippen molar-refractivity contribution in [3.8, 4) is 11.1 Å². The molecule has 0 spiro atoms. The summed E-state index contributed by atoms with van der Waals surface area (Å²) in [6.07, 6.45) is 4.32. The lowest BCUT2D eigenvalue weighted by Crippen LogP contribution is -2.29. The SMILES string of the molecule is O=C(c1n[nH]c2cc(F)ccc12)N1CCc2cc(-c3ccncc3)ccc21. The maximum Gasteiger partial charge on any atom is 0.279 e. The zero-order valence-electron chi connectivity index (χ0n) is 14.3. The summed E-state index contributed by atoms with van der Waals surface area (Å²) in [5.74, 6) is -0.538. The number of anilines is 1. The van der Waals surface area contributed by atoms with Crippen LogP contribution >= 0.6 is 0 Å². The van der Waals surface area contributed by atoms with Crippen LogP contribution < -0.4 is 4.90 Å². The standard InChI is InChI=1S/C21H15FN4O/c22-16-2-3-17-18(12-16)24-25-20(17)21(27)26-10-7-15-11-14(1-4-19(15)26)13-5-8-23-9-6-13/h1-6,8-9,11-12H,7,10H2,(H,24,25). The molecule has 0 unspecified atom stereocenters. The van der Waals surface area contributed by atoms with Crippen LogP contribution in [0.2, 0.25) is 0 Å². The number of nitrogens with zero attached hydrogens (tertiary/aromatic N) is 3. The van der Waals surface area contributed by atoms with E-state index in [1.54, 1.807) is 23.4 Å². The highest BCUT2D eigenvalue weighted by atomic mass is 19.1. The molecular weight excluding hydrogens is 343 g/mol. The van der Waals surface area contributed by atoms with Crippen molar-refractivity contribution in [2.24, 2.45) is 0 Å². The van der Waals surface area contributed by atoms with E-state index in [0.717, 1.165) is 28.8 Å².